The van der Waals surface area contributed by atoms with Crippen molar-refractivity contribution in [3.05, 3.63) is 0 Å². The van der Waals surface area contributed by atoms with Gasteiger partial charge in [-0.25, -0.2) is 0 Å². The lowest BCUT2D eigenvalue weighted by Crippen LogP contribution is -2.55. The molecule has 0 bridgehead atoms. The Labute approximate surface area is 114 Å². The van der Waals surface area contributed by atoms with Crippen LogP contribution in [0.25, 0.3) is 0 Å². The van der Waals surface area contributed by atoms with E-state index in [-0.39, 0.29) is 13.1 Å². The molecule has 0 aliphatic rings. The second-order valence-electron chi connectivity index (χ2n) is 6.49. The van der Waals surface area contributed by atoms with Gasteiger partial charge in [-0.1, -0.05) is 0 Å². The first kappa shape index (κ1) is 17.9. The molecule has 0 unspecified atom stereocenters. The second-order valence-corrected chi connectivity index (χ2v) is 6.49. The largest absolute Gasteiger partial charge is 0.459 e. The van der Waals surface area contributed by atoms with Crippen molar-refractivity contribution in [3.63, 3.8) is 0 Å². The molecule has 19 heavy (non-hydrogen) atoms. The summed E-state index contributed by atoms with van der Waals surface area (Å²) in [5.41, 5.74) is 8.05. The summed E-state index contributed by atoms with van der Waals surface area (Å²) in [4.78, 5) is 24.4. The zero-order valence-corrected chi connectivity index (χ0v) is 12.7. The molecule has 0 saturated carbocycles. The van der Waals surface area contributed by atoms with Gasteiger partial charge in [0.05, 0.1) is 0 Å². The van der Waals surface area contributed by atoms with Gasteiger partial charge in [-0.3, -0.25) is 9.59 Å². The van der Waals surface area contributed by atoms with E-state index in [4.69, 9.17) is 20.9 Å². The first-order valence-corrected chi connectivity index (χ1v) is 6.25. The van der Waals surface area contributed by atoms with Crippen LogP contribution in [0, 0.1) is 5.41 Å². The molecule has 0 heterocycles. The van der Waals surface area contributed by atoms with E-state index >= 15 is 0 Å². The van der Waals surface area contributed by atoms with Gasteiger partial charge >= 0.3 is 11.9 Å². The molecule has 0 spiro atoms. The molecule has 112 valence electrons. The smallest absolute Gasteiger partial charge is 0.326 e. The third kappa shape index (κ3) is 5.16. The van der Waals surface area contributed by atoms with E-state index < -0.39 is 28.6 Å². The van der Waals surface area contributed by atoms with Crippen LogP contribution in [0.15, 0.2) is 0 Å². The summed E-state index contributed by atoms with van der Waals surface area (Å²) < 4.78 is 10.4. The minimum atomic E-state index is -1.65. The van der Waals surface area contributed by atoms with Gasteiger partial charge in [0.2, 0.25) is 0 Å². The maximum atomic E-state index is 12.2. The standard InChI is InChI=1S/C13H26N2O4/c1-11(2,3)18-9(16)13(7-14,8-15)10(17)19-12(4,5)6/h7-8,14-15H2,1-6H3. The highest BCUT2D eigenvalue weighted by Crippen LogP contribution is 2.25. The number of nitrogens with two attached hydrogens (primary N) is 2. The zero-order valence-electron chi connectivity index (χ0n) is 12.7. The summed E-state index contributed by atoms with van der Waals surface area (Å²) in [5, 5.41) is 0. The normalized spacial score (nSPS) is 13.1. The predicted octanol–water partition coefficient (Wildman–Crippen LogP) is 0.574. The van der Waals surface area contributed by atoms with Crippen molar-refractivity contribution in [1.29, 1.82) is 0 Å². The number of esters is 2. The quantitative estimate of drug-likeness (QED) is 0.573. The summed E-state index contributed by atoms with van der Waals surface area (Å²) in [7, 11) is 0. The number of rotatable bonds is 4. The van der Waals surface area contributed by atoms with E-state index in [1.54, 1.807) is 41.5 Å². The second kappa shape index (κ2) is 5.88. The van der Waals surface area contributed by atoms with Crippen LogP contribution >= 0.6 is 0 Å². The Bertz CT molecular complexity index is 306. The van der Waals surface area contributed by atoms with Crippen molar-refractivity contribution in [2.75, 3.05) is 13.1 Å². The average molecular weight is 274 g/mol. The summed E-state index contributed by atoms with van der Waals surface area (Å²) in [6, 6.07) is 0. The number of hydrogen-bond acceptors (Lipinski definition) is 6. The minimum absolute atomic E-state index is 0.257. The van der Waals surface area contributed by atoms with Crippen LogP contribution in [0.1, 0.15) is 41.5 Å². The van der Waals surface area contributed by atoms with Gasteiger partial charge in [0.15, 0.2) is 5.41 Å². The molecule has 0 aromatic rings. The maximum absolute atomic E-state index is 12.2. The third-order valence-corrected chi connectivity index (χ3v) is 2.28. The summed E-state index contributed by atoms with van der Waals surface area (Å²) >= 11 is 0. The molecular formula is C13H26N2O4. The fraction of sp³-hybridized carbons (Fsp3) is 0.846. The van der Waals surface area contributed by atoms with E-state index in [1.165, 1.54) is 0 Å². The molecule has 0 amide bonds. The molecule has 0 fully saturated rings. The monoisotopic (exact) mass is 274 g/mol. The molecule has 0 atom stereocenters. The minimum Gasteiger partial charge on any atom is -0.459 e. The number of carbonyl (C=O) groups is 2. The Hall–Kier alpha value is -1.14. The van der Waals surface area contributed by atoms with Gasteiger partial charge in [0, 0.05) is 13.1 Å². The third-order valence-electron chi connectivity index (χ3n) is 2.28. The fourth-order valence-corrected chi connectivity index (χ4v) is 1.25. The Morgan fingerprint density at radius 2 is 1.05 bits per heavy atom. The Kier molecular flexibility index (Phi) is 5.53. The highest BCUT2D eigenvalue weighted by Gasteiger charge is 2.49. The van der Waals surface area contributed by atoms with E-state index in [0.29, 0.717) is 0 Å². The van der Waals surface area contributed by atoms with Crippen molar-refractivity contribution in [2.24, 2.45) is 16.9 Å². The number of carbonyl (C=O) groups excluding carboxylic acids is 2. The van der Waals surface area contributed by atoms with Crippen molar-refractivity contribution >= 4 is 11.9 Å². The van der Waals surface area contributed by atoms with E-state index in [0.717, 1.165) is 0 Å². The lowest BCUT2D eigenvalue weighted by atomic mass is 9.87. The van der Waals surface area contributed by atoms with Crippen LogP contribution in [-0.4, -0.2) is 36.2 Å². The molecule has 6 heteroatoms. The van der Waals surface area contributed by atoms with E-state index in [9.17, 15) is 9.59 Å². The molecule has 4 N–H and O–H groups in total. The lowest BCUT2D eigenvalue weighted by Gasteiger charge is -2.33. The van der Waals surface area contributed by atoms with E-state index in [2.05, 4.69) is 0 Å². The maximum Gasteiger partial charge on any atom is 0.326 e. The zero-order chi connectivity index (χ0) is 15.5. The highest BCUT2D eigenvalue weighted by atomic mass is 16.6. The van der Waals surface area contributed by atoms with Gasteiger partial charge < -0.3 is 20.9 Å². The highest BCUT2D eigenvalue weighted by molar-refractivity contribution is 6.01. The van der Waals surface area contributed by atoms with Crippen LogP contribution in [0.5, 0.6) is 0 Å². The molecule has 0 aromatic heterocycles. The Morgan fingerprint density at radius 3 is 1.21 bits per heavy atom. The molecular weight excluding hydrogens is 248 g/mol. The summed E-state index contributed by atoms with van der Waals surface area (Å²) in [6.07, 6.45) is 0. The van der Waals surface area contributed by atoms with Crippen LogP contribution < -0.4 is 11.5 Å². The SMILES string of the molecule is CC(C)(C)OC(=O)C(CN)(CN)C(=O)OC(C)(C)C. The predicted molar refractivity (Wildman–Crippen MR) is 72.2 cm³/mol. The van der Waals surface area contributed by atoms with Crippen molar-refractivity contribution in [2.45, 2.75) is 52.7 Å². The molecule has 0 aromatic carbocycles. The van der Waals surface area contributed by atoms with Gasteiger partial charge in [0.25, 0.3) is 0 Å². The van der Waals surface area contributed by atoms with E-state index in [1.807, 2.05) is 0 Å². The van der Waals surface area contributed by atoms with Crippen molar-refractivity contribution in [1.82, 2.24) is 0 Å². The molecule has 0 aliphatic heterocycles. The van der Waals surface area contributed by atoms with Crippen LogP contribution in [-0.2, 0) is 19.1 Å². The van der Waals surface area contributed by atoms with Crippen LogP contribution in [0.3, 0.4) is 0 Å². The van der Waals surface area contributed by atoms with Gasteiger partial charge in [-0.15, -0.1) is 0 Å². The number of ether oxygens (including phenoxy) is 2. The van der Waals surface area contributed by atoms with Gasteiger partial charge in [-0.05, 0) is 41.5 Å². The fourth-order valence-electron chi connectivity index (χ4n) is 1.25. The van der Waals surface area contributed by atoms with Crippen molar-refractivity contribution < 1.29 is 19.1 Å². The first-order chi connectivity index (χ1) is 8.38. The van der Waals surface area contributed by atoms with Crippen molar-refractivity contribution in [3.8, 4) is 0 Å². The Balaban J connectivity index is 5.25. The molecule has 0 saturated heterocycles. The van der Waals surface area contributed by atoms with Gasteiger partial charge in [0.1, 0.15) is 11.2 Å². The summed E-state index contributed by atoms with van der Waals surface area (Å²) in [6.45, 7) is 9.72. The molecule has 6 nitrogen and oxygen atoms in total. The summed E-state index contributed by atoms with van der Waals surface area (Å²) in [5.74, 6) is -1.50. The lowest BCUT2D eigenvalue weighted by molar-refractivity contribution is -0.183. The van der Waals surface area contributed by atoms with Crippen LogP contribution in [0.4, 0.5) is 0 Å². The molecule has 0 rings (SSSR count). The average Bonchev–Trinajstić information content (AvgIpc) is 2.14. The molecule has 0 aliphatic carbocycles. The van der Waals surface area contributed by atoms with Crippen LogP contribution in [0.2, 0.25) is 0 Å². The number of hydrogen-bond donors (Lipinski definition) is 2. The van der Waals surface area contributed by atoms with Gasteiger partial charge in [-0.2, -0.15) is 0 Å². The Morgan fingerprint density at radius 1 is 0.789 bits per heavy atom. The molecule has 0 radical (unpaired) electrons. The first-order valence-electron chi connectivity index (χ1n) is 6.25. The topological polar surface area (TPSA) is 105 Å².